The number of oxime groups is 1. The highest BCUT2D eigenvalue weighted by Gasteiger charge is 2.11. The number of methoxy groups -OCH3 is 1. The molecule has 0 fully saturated rings. The Morgan fingerprint density at radius 3 is 2.86 bits per heavy atom. The second-order valence-corrected chi connectivity index (χ2v) is 2.54. The fourth-order valence-corrected chi connectivity index (χ4v) is 1.14. The molecule has 5 heteroatoms. The number of hydrogen-bond acceptors (Lipinski definition) is 4. The molecule has 1 aromatic rings. The summed E-state index contributed by atoms with van der Waals surface area (Å²) in [4.78, 5) is 11.0. The van der Waals surface area contributed by atoms with E-state index < -0.39 is 5.91 Å². The highest BCUT2D eigenvalue weighted by atomic mass is 16.5. The average Bonchev–Trinajstić information content (AvgIpc) is 2.18. The van der Waals surface area contributed by atoms with Gasteiger partial charge >= 0.3 is 0 Å². The van der Waals surface area contributed by atoms with Gasteiger partial charge in [-0.3, -0.25) is 4.79 Å². The van der Waals surface area contributed by atoms with E-state index >= 15 is 0 Å². The number of primary amides is 1. The maximum absolute atomic E-state index is 11.0. The molecule has 0 spiro atoms. The van der Waals surface area contributed by atoms with Crippen LogP contribution in [0.5, 0.6) is 5.75 Å². The maximum Gasteiger partial charge on any atom is 0.252 e. The summed E-state index contributed by atoms with van der Waals surface area (Å²) in [5.41, 5.74) is 5.88. The molecule has 0 radical (unpaired) electrons. The van der Waals surface area contributed by atoms with Gasteiger partial charge in [-0.25, -0.2) is 0 Å². The lowest BCUT2D eigenvalue weighted by Crippen LogP contribution is -2.13. The van der Waals surface area contributed by atoms with E-state index in [2.05, 4.69) is 5.16 Å². The van der Waals surface area contributed by atoms with Gasteiger partial charge in [0, 0.05) is 5.56 Å². The van der Waals surface area contributed by atoms with Gasteiger partial charge in [0.1, 0.15) is 5.75 Å². The first-order valence-corrected chi connectivity index (χ1v) is 3.85. The summed E-state index contributed by atoms with van der Waals surface area (Å²) >= 11 is 0. The number of nitrogens with zero attached hydrogens (tertiary/aromatic N) is 1. The molecular formula is C9H10N2O3. The number of benzene rings is 1. The summed E-state index contributed by atoms with van der Waals surface area (Å²) in [7, 11) is 1.41. The van der Waals surface area contributed by atoms with Crippen LogP contribution in [0, 0.1) is 0 Å². The molecule has 1 aromatic carbocycles. The fourth-order valence-electron chi connectivity index (χ4n) is 1.14. The second kappa shape index (κ2) is 4.27. The number of nitrogens with two attached hydrogens (primary N) is 1. The van der Waals surface area contributed by atoms with E-state index in [1.165, 1.54) is 19.4 Å². The standard InChI is InChI=1S/C9H10N2O3/c1-14-8-6(5-11-13)3-2-4-7(8)9(10)12/h2-5,13H,1H3,(H2,10,12). The van der Waals surface area contributed by atoms with Crippen molar-refractivity contribution >= 4 is 12.1 Å². The van der Waals surface area contributed by atoms with Crippen LogP contribution in [0.1, 0.15) is 15.9 Å². The zero-order valence-corrected chi connectivity index (χ0v) is 7.60. The van der Waals surface area contributed by atoms with Crippen LogP contribution in [0.3, 0.4) is 0 Å². The van der Waals surface area contributed by atoms with Crippen molar-refractivity contribution in [3.63, 3.8) is 0 Å². The number of rotatable bonds is 3. The van der Waals surface area contributed by atoms with Crippen molar-refractivity contribution in [1.29, 1.82) is 0 Å². The lowest BCUT2D eigenvalue weighted by atomic mass is 10.1. The van der Waals surface area contributed by atoms with Crippen LogP contribution in [0.2, 0.25) is 0 Å². The number of amides is 1. The monoisotopic (exact) mass is 194 g/mol. The molecule has 5 nitrogen and oxygen atoms in total. The van der Waals surface area contributed by atoms with Gasteiger partial charge in [-0.2, -0.15) is 0 Å². The second-order valence-electron chi connectivity index (χ2n) is 2.54. The molecule has 0 atom stereocenters. The normalized spacial score (nSPS) is 10.4. The Balaban J connectivity index is 3.31. The van der Waals surface area contributed by atoms with E-state index in [0.717, 1.165) is 0 Å². The molecular weight excluding hydrogens is 184 g/mol. The maximum atomic E-state index is 11.0. The highest BCUT2D eigenvalue weighted by molar-refractivity contribution is 5.99. The minimum absolute atomic E-state index is 0.255. The Bertz CT molecular complexity index is 374. The van der Waals surface area contributed by atoms with E-state index in [4.69, 9.17) is 15.7 Å². The van der Waals surface area contributed by atoms with Gasteiger partial charge in [-0.05, 0) is 12.1 Å². The summed E-state index contributed by atoms with van der Waals surface area (Å²) in [6.07, 6.45) is 1.17. The van der Waals surface area contributed by atoms with Crippen LogP contribution in [0.25, 0.3) is 0 Å². The smallest absolute Gasteiger partial charge is 0.252 e. The van der Waals surface area contributed by atoms with Crippen molar-refractivity contribution in [2.75, 3.05) is 7.11 Å². The Morgan fingerprint density at radius 1 is 1.64 bits per heavy atom. The molecule has 0 saturated heterocycles. The predicted octanol–water partition coefficient (Wildman–Crippen LogP) is 0.602. The van der Waals surface area contributed by atoms with Crippen LogP contribution in [0.4, 0.5) is 0 Å². The zero-order valence-electron chi connectivity index (χ0n) is 7.60. The number of hydrogen-bond donors (Lipinski definition) is 2. The Labute approximate surface area is 80.8 Å². The first-order valence-electron chi connectivity index (χ1n) is 3.85. The molecule has 0 aliphatic carbocycles. The third-order valence-corrected chi connectivity index (χ3v) is 1.71. The van der Waals surface area contributed by atoms with Crippen LogP contribution in [-0.2, 0) is 0 Å². The van der Waals surface area contributed by atoms with Crippen molar-refractivity contribution in [3.8, 4) is 5.75 Å². The van der Waals surface area contributed by atoms with Crippen LogP contribution < -0.4 is 10.5 Å². The first-order chi connectivity index (χ1) is 6.70. The molecule has 3 N–H and O–H groups in total. The van der Waals surface area contributed by atoms with Gasteiger partial charge < -0.3 is 15.7 Å². The quantitative estimate of drug-likeness (QED) is 0.420. The fraction of sp³-hybridized carbons (Fsp3) is 0.111. The van der Waals surface area contributed by atoms with E-state index in [0.29, 0.717) is 11.3 Å². The zero-order chi connectivity index (χ0) is 10.6. The van der Waals surface area contributed by atoms with Crippen LogP contribution >= 0.6 is 0 Å². The topological polar surface area (TPSA) is 84.9 Å². The van der Waals surface area contributed by atoms with E-state index in [-0.39, 0.29) is 5.56 Å². The van der Waals surface area contributed by atoms with E-state index in [9.17, 15) is 4.79 Å². The van der Waals surface area contributed by atoms with E-state index in [1.54, 1.807) is 12.1 Å². The number of ether oxygens (including phenoxy) is 1. The average molecular weight is 194 g/mol. The molecule has 0 aliphatic rings. The summed E-state index contributed by atoms with van der Waals surface area (Å²) in [5, 5.41) is 11.2. The van der Waals surface area contributed by atoms with Gasteiger partial charge in [-0.1, -0.05) is 11.2 Å². The molecule has 74 valence electrons. The number of carbonyl (C=O) groups excluding carboxylic acids is 1. The van der Waals surface area contributed by atoms with Crippen molar-refractivity contribution in [2.45, 2.75) is 0 Å². The Hall–Kier alpha value is -2.04. The summed E-state index contributed by atoms with van der Waals surface area (Å²) < 4.78 is 4.99. The van der Waals surface area contributed by atoms with Crippen LogP contribution in [0.15, 0.2) is 23.4 Å². The van der Waals surface area contributed by atoms with Gasteiger partial charge in [0.25, 0.3) is 5.91 Å². The van der Waals surface area contributed by atoms with Crippen molar-refractivity contribution in [3.05, 3.63) is 29.3 Å². The molecule has 1 amide bonds. The molecule has 1 rings (SSSR count). The van der Waals surface area contributed by atoms with Crippen LogP contribution in [-0.4, -0.2) is 24.4 Å². The molecule has 0 unspecified atom stereocenters. The van der Waals surface area contributed by atoms with Crippen molar-refractivity contribution < 1.29 is 14.7 Å². The minimum atomic E-state index is -0.588. The van der Waals surface area contributed by atoms with Crippen molar-refractivity contribution in [1.82, 2.24) is 0 Å². The molecule has 14 heavy (non-hydrogen) atoms. The van der Waals surface area contributed by atoms with Gasteiger partial charge in [0.15, 0.2) is 0 Å². The largest absolute Gasteiger partial charge is 0.495 e. The molecule has 0 heterocycles. The summed E-state index contributed by atoms with van der Waals surface area (Å²) in [6.45, 7) is 0. The summed E-state index contributed by atoms with van der Waals surface area (Å²) in [5.74, 6) is -0.284. The minimum Gasteiger partial charge on any atom is -0.495 e. The molecule has 0 aliphatic heterocycles. The van der Waals surface area contributed by atoms with Crippen molar-refractivity contribution in [2.24, 2.45) is 10.9 Å². The lowest BCUT2D eigenvalue weighted by molar-refractivity contribution is 0.0997. The highest BCUT2D eigenvalue weighted by Crippen LogP contribution is 2.21. The Morgan fingerprint density at radius 2 is 2.36 bits per heavy atom. The molecule has 0 saturated carbocycles. The first kappa shape index (κ1) is 10.0. The number of para-hydroxylation sites is 1. The Kier molecular flexibility index (Phi) is 3.06. The van der Waals surface area contributed by atoms with Gasteiger partial charge in [-0.15, -0.1) is 0 Å². The third-order valence-electron chi connectivity index (χ3n) is 1.71. The molecule has 0 bridgehead atoms. The third kappa shape index (κ3) is 1.82. The molecule has 0 aromatic heterocycles. The number of carbonyl (C=O) groups is 1. The van der Waals surface area contributed by atoms with Gasteiger partial charge in [0.05, 0.1) is 18.9 Å². The van der Waals surface area contributed by atoms with Gasteiger partial charge in [0.2, 0.25) is 0 Å². The van der Waals surface area contributed by atoms with E-state index in [1.807, 2.05) is 0 Å². The lowest BCUT2D eigenvalue weighted by Gasteiger charge is -2.07. The summed E-state index contributed by atoms with van der Waals surface area (Å²) in [6, 6.07) is 4.81. The SMILES string of the molecule is COc1c(C=NO)cccc1C(N)=O. The predicted molar refractivity (Wildman–Crippen MR) is 50.9 cm³/mol.